The van der Waals surface area contributed by atoms with Crippen molar-refractivity contribution >= 4 is 46.7 Å². The number of primary amides is 1. The molecule has 1 amide bonds. The van der Waals surface area contributed by atoms with Crippen LogP contribution in [-0.4, -0.2) is 23.6 Å². The second kappa shape index (κ2) is 5.44. The quantitative estimate of drug-likeness (QED) is 0.891. The second-order valence-corrected chi connectivity index (χ2v) is 4.10. The number of benzene rings is 1. The summed E-state index contributed by atoms with van der Waals surface area (Å²) >= 11 is 17.3. The highest BCUT2D eigenvalue weighted by Gasteiger charge is 2.20. The minimum atomic E-state index is -1.22. The van der Waals surface area contributed by atoms with Gasteiger partial charge in [-0.25, -0.2) is 4.79 Å². The first-order valence-corrected chi connectivity index (χ1v) is 5.30. The molecule has 0 aromatic heterocycles. The van der Waals surface area contributed by atoms with Gasteiger partial charge in [-0.05, 0) is 6.07 Å². The lowest BCUT2D eigenvalue weighted by Crippen LogP contribution is -2.14. The molecule has 0 spiro atoms. The van der Waals surface area contributed by atoms with Crippen LogP contribution in [0.15, 0.2) is 6.07 Å². The Labute approximate surface area is 111 Å². The summed E-state index contributed by atoms with van der Waals surface area (Å²) < 4.78 is 4.84. The van der Waals surface area contributed by atoms with Crippen LogP contribution in [0, 0.1) is 0 Å². The maximum absolute atomic E-state index is 11.1. The molecule has 1 aromatic carbocycles. The molecule has 0 fully saturated rings. The summed E-state index contributed by atoms with van der Waals surface area (Å²) in [6.45, 7) is -0.653. The van der Waals surface area contributed by atoms with Gasteiger partial charge in [0.2, 0.25) is 0 Å². The summed E-state index contributed by atoms with van der Waals surface area (Å²) in [5.74, 6) is -2.22. The van der Waals surface area contributed by atoms with Crippen molar-refractivity contribution < 1.29 is 19.4 Å². The summed E-state index contributed by atoms with van der Waals surface area (Å²) in [5, 5.41) is 8.21. The molecule has 0 saturated heterocycles. The van der Waals surface area contributed by atoms with E-state index in [4.69, 9.17) is 50.4 Å². The number of carboxylic acids is 1. The van der Waals surface area contributed by atoms with E-state index in [0.29, 0.717) is 0 Å². The molecular formula is C9H6Cl3NO4. The molecule has 3 N–H and O–H groups in total. The zero-order valence-electron chi connectivity index (χ0n) is 8.17. The van der Waals surface area contributed by atoms with Gasteiger partial charge in [0.15, 0.2) is 12.4 Å². The van der Waals surface area contributed by atoms with Crippen LogP contribution in [0.5, 0.6) is 5.75 Å². The number of nitrogens with two attached hydrogens (primary N) is 1. The van der Waals surface area contributed by atoms with Gasteiger partial charge in [-0.15, -0.1) is 0 Å². The fourth-order valence-corrected chi connectivity index (χ4v) is 2.12. The lowest BCUT2D eigenvalue weighted by atomic mass is 10.2. The van der Waals surface area contributed by atoms with Crippen LogP contribution in [0.3, 0.4) is 0 Å². The summed E-state index contributed by atoms with van der Waals surface area (Å²) in [4.78, 5) is 21.4. The number of rotatable bonds is 4. The number of carboxylic acid groups (broad SMARTS) is 1. The Morgan fingerprint density at radius 1 is 1.29 bits per heavy atom. The van der Waals surface area contributed by atoms with Crippen LogP contribution >= 0.6 is 34.8 Å². The second-order valence-electron chi connectivity index (χ2n) is 2.90. The van der Waals surface area contributed by atoms with Gasteiger partial charge in [0, 0.05) is 0 Å². The van der Waals surface area contributed by atoms with Gasteiger partial charge in [-0.1, -0.05) is 34.8 Å². The highest BCUT2D eigenvalue weighted by Crippen LogP contribution is 2.39. The van der Waals surface area contributed by atoms with Crippen LogP contribution in [-0.2, 0) is 4.79 Å². The standard InChI is InChI=1S/C9H6Cl3NO4/c10-3-1-4(11)8(17-2-5(14)15)7(12)6(3)9(13)16/h1H,2H2,(H2,13,16)(H,14,15). The normalized spacial score (nSPS) is 10.1. The van der Waals surface area contributed by atoms with E-state index in [1.165, 1.54) is 6.07 Å². The lowest BCUT2D eigenvalue weighted by Gasteiger charge is -2.11. The van der Waals surface area contributed by atoms with Gasteiger partial charge < -0.3 is 15.6 Å². The zero-order valence-corrected chi connectivity index (χ0v) is 10.4. The van der Waals surface area contributed by atoms with Crippen molar-refractivity contribution in [3.05, 3.63) is 26.7 Å². The van der Waals surface area contributed by atoms with Gasteiger partial charge in [-0.3, -0.25) is 4.79 Å². The van der Waals surface area contributed by atoms with Crippen molar-refractivity contribution in [3.8, 4) is 5.75 Å². The molecular weight excluding hydrogens is 292 g/mol. The molecule has 17 heavy (non-hydrogen) atoms. The van der Waals surface area contributed by atoms with E-state index in [2.05, 4.69) is 0 Å². The van der Waals surface area contributed by atoms with E-state index >= 15 is 0 Å². The average molecular weight is 299 g/mol. The molecule has 0 bridgehead atoms. The highest BCUT2D eigenvalue weighted by molar-refractivity contribution is 6.43. The van der Waals surface area contributed by atoms with E-state index in [1.54, 1.807) is 0 Å². The van der Waals surface area contributed by atoms with E-state index in [0.717, 1.165) is 0 Å². The first-order chi connectivity index (χ1) is 7.84. The number of aliphatic carboxylic acids is 1. The Bertz CT molecular complexity index is 490. The molecule has 0 radical (unpaired) electrons. The van der Waals surface area contributed by atoms with Crippen molar-refractivity contribution in [1.29, 1.82) is 0 Å². The molecule has 0 saturated carbocycles. The van der Waals surface area contributed by atoms with Crippen LogP contribution < -0.4 is 10.5 Å². The number of hydrogen-bond donors (Lipinski definition) is 2. The SMILES string of the molecule is NC(=O)c1c(Cl)cc(Cl)c(OCC(=O)O)c1Cl. The summed E-state index contributed by atoms with van der Waals surface area (Å²) in [7, 11) is 0. The monoisotopic (exact) mass is 297 g/mol. The number of ether oxygens (including phenoxy) is 1. The fraction of sp³-hybridized carbons (Fsp3) is 0.111. The summed E-state index contributed by atoms with van der Waals surface area (Å²) in [6, 6.07) is 1.20. The van der Waals surface area contributed by atoms with Crippen molar-refractivity contribution in [3.63, 3.8) is 0 Å². The highest BCUT2D eigenvalue weighted by atomic mass is 35.5. The smallest absolute Gasteiger partial charge is 0.341 e. The molecule has 1 rings (SSSR count). The van der Waals surface area contributed by atoms with E-state index in [9.17, 15) is 9.59 Å². The first kappa shape index (κ1) is 13.9. The molecule has 0 atom stereocenters. The predicted octanol–water partition coefficient (Wildman–Crippen LogP) is 2.21. The van der Waals surface area contributed by atoms with Crippen molar-refractivity contribution in [2.75, 3.05) is 6.61 Å². The van der Waals surface area contributed by atoms with Gasteiger partial charge in [0.25, 0.3) is 5.91 Å². The Balaban J connectivity index is 3.25. The van der Waals surface area contributed by atoms with Gasteiger partial charge in [0.05, 0.1) is 20.6 Å². The Morgan fingerprint density at radius 3 is 2.35 bits per heavy atom. The third-order valence-corrected chi connectivity index (χ3v) is 2.65. The van der Waals surface area contributed by atoms with Crippen LogP contribution in [0.25, 0.3) is 0 Å². The Hall–Kier alpha value is -1.17. The number of carbonyl (C=O) groups excluding carboxylic acids is 1. The van der Waals surface area contributed by atoms with E-state index in [-0.39, 0.29) is 26.4 Å². The van der Waals surface area contributed by atoms with Crippen LogP contribution in [0.2, 0.25) is 15.1 Å². The molecule has 1 aromatic rings. The lowest BCUT2D eigenvalue weighted by molar-refractivity contribution is -0.139. The van der Waals surface area contributed by atoms with Crippen LogP contribution in [0.1, 0.15) is 10.4 Å². The molecule has 0 unspecified atom stereocenters. The van der Waals surface area contributed by atoms with Crippen molar-refractivity contribution in [2.24, 2.45) is 5.73 Å². The number of halogens is 3. The molecule has 8 heteroatoms. The zero-order chi connectivity index (χ0) is 13.2. The maximum Gasteiger partial charge on any atom is 0.341 e. The molecule has 0 aliphatic carbocycles. The van der Waals surface area contributed by atoms with Gasteiger partial charge in [0.1, 0.15) is 0 Å². The van der Waals surface area contributed by atoms with E-state index < -0.39 is 18.5 Å². The third-order valence-electron chi connectivity index (χ3n) is 1.71. The molecule has 92 valence electrons. The summed E-state index contributed by atoms with van der Waals surface area (Å²) in [5.41, 5.74) is 4.90. The topological polar surface area (TPSA) is 89.6 Å². The Morgan fingerprint density at radius 2 is 1.88 bits per heavy atom. The number of hydrogen-bond acceptors (Lipinski definition) is 3. The molecule has 5 nitrogen and oxygen atoms in total. The molecule has 0 aliphatic rings. The predicted molar refractivity (Wildman–Crippen MR) is 63.1 cm³/mol. The molecule has 0 heterocycles. The van der Waals surface area contributed by atoms with Crippen molar-refractivity contribution in [2.45, 2.75) is 0 Å². The minimum absolute atomic E-state index is 0.00810. The maximum atomic E-state index is 11.1. The van der Waals surface area contributed by atoms with Gasteiger partial charge in [-0.2, -0.15) is 0 Å². The summed E-state index contributed by atoms with van der Waals surface area (Å²) in [6.07, 6.45) is 0. The number of carbonyl (C=O) groups is 2. The third kappa shape index (κ3) is 3.15. The van der Waals surface area contributed by atoms with Gasteiger partial charge >= 0.3 is 5.97 Å². The number of amides is 1. The fourth-order valence-electron chi connectivity index (χ4n) is 1.06. The Kier molecular flexibility index (Phi) is 4.45. The first-order valence-electron chi connectivity index (χ1n) is 4.16. The minimum Gasteiger partial charge on any atom is -0.479 e. The largest absolute Gasteiger partial charge is 0.479 e. The van der Waals surface area contributed by atoms with Crippen LogP contribution in [0.4, 0.5) is 0 Å². The average Bonchev–Trinajstić information content (AvgIpc) is 2.14. The van der Waals surface area contributed by atoms with E-state index in [1.807, 2.05) is 0 Å². The van der Waals surface area contributed by atoms with Crippen molar-refractivity contribution in [1.82, 2.24) is 0 Å². The molecule has 0 aliphatic heterocycles.